The number of thiophene rings is 2. The minimum atomic E-state index is -0.140. The lowest BCUT2D eigenvalue weighted by molar-refractivity contribution is 0.660. The fourth-order valence-electron chi connectivity index (χ4n) is 11.2. The molecule has 0 nitrogen and oxygen atoms in total. The van der Waals surface area contributed by atoms with Crippen LogP contribution in [-0.2, 0) is 5.41 Å². The van der Waals surface area contributed by atoms with E-state index in [9.17, 15) is 0 Å². The summed E-state index contributed by atoms with van der Waals surface area (Å²) in [6.07, 6.45) is 0. The molecule has 0 N–H and O–H groups in total. The van der Waals surface area contributed by atoms with E-state index in [0.29, 0.717) is 0 Å². The van der Waals surface area contributed by atoms with Crippen LogP contribution in [0.1, 0.15) is 25.0 Å². The topological polar surface area (TPSA) is 0 Å². The monoisotopic (exact) mass is 834 g/mol. The predicted octanol–water partition coefficient (Wildman–Crippen LogP) is 18.3. The smallest absolute Gasteiger partial charge is 0.0434 e. The molecule has 0 bridgehead atoms. The summed E-state index contributed by atoms with van der Waals surface area (Å²) in [7, 11) is 0. The van der Waals surface area contributed by atoms with Gasteiger partial charge in [-0.15, -0.1) is 22.7 Å². The van der Waals surface area contributed by atoms with E-state index in [1.54, 1.807) is 0 Å². The molecule has 0 atom stereocenters. The molecular formula is C61H38S2. The van der Waals surface area contributed by atoms with Crippen LogP contribution >= 0.6 is 22.7 Å². The summed E-state index contributed by atoms with van der Waals surface area (Å²) in [4.78, 5) is 0. The zero-order valence-corrected chi connectivity index (χ0v) is 36.4. The first-order chi connectivity index (χ1) is 31.0. The summed E-state index contributed by atoms with van der Waals surface area (Å²) in [5, 5.41) is 15.8. The summed E-state index contributed by atoms with van der Waals surface area (Å²) >= 11 is 3.82. The van der Waals surface area contributed by atoms with E-state index in [-0.39, 0.29) is 5.41 Å². The molecule has 0 radical (unpaired) electrons. The van der Waals surface area contributed by atoms with E-state index >= 15 is 0 Å². The third-order valence-corrected chi connectivity index (χ3v) is 16.6. The van der Waals surface area contributed by atoms with Crippen molar-refractivity contribution in [2.75, 3.05) is 0 Å². The van der Waals surface area contributed by atoms with Gasteiger partial charge in [-0.3, -0.25) is 0 Å². The van der Waals surface area contributed by atoms with Gasteiger partial charge in [-0.2, -0.15) is 0 Å². The molecule has 0 aliphatic heterocycles. The van der Waals surface area contributed by atoms with Crippen LogP contribution in [0.4, 0.5) is 0 Å². The third kappa shape index (κ3) is 5.02. The third-order valence-electron chi connectivity index (χ3n) is 14.2. The summed E-state index contributed by atoms with van der Waals surface area (Å²) in [6.45, 7) is 4.80. The van der Waals surface area contributed by atoms with Crippen molar-refractivity contribution in [3.05, 3.63) is 205 Å². The molecule has 0 amide bonds. The molecular weight excluding hydrogens is 797 g/mol. The predicted molar refractivity (Wildman–Crippen MR) is 276 cm³/mol. The van der Waals surface area contributed by atoms with Gasteiger partial charge >= 0.3 is 0 Å². The Bertz CT molecular complexity index is 4060. The lowest BCUT2D eigenvalue weighted by Gasteiger charge is -2.22. The van der Waals surface area contributed by atoms with Crippen molar-refractivity contribution in [1.82, 2.24) is 0 Å². The average Bonchev–Trinajstić information content (AvgIpc) is 3.97. The number of hydrogen-bond acceptors (Lipinski definition) is 2. The highest BCUT2D eigenvalue weighted by Crippen LogP contribution is 2.53. The van der Waals surface area contributed by atoms with Crippen molar-refractivity contribution in [3.8, 4) is 44.5 Å². The molecule has 0 fully saturated rings. The second kappa shape index (κ2) is 13.0. The van der Waals surface area contributed by atoms with Crippen LogP contribution in [0.3, 0.4) is 0 Å². The highest BCUT2D eigenvalue weighted by molar-refractivity contribution is 7.27. The molecule has 0 saturated carbocycles. The van der Waals surface area contributed by atoms with E-state index in [2.05, 4.69) is 208 Å². The minimum absolute atomic E-state index is 0.140. The van der Waals surface area contributed by atoms with Crippen LogP contribution in [0, 0.1) is 0 Å². The van der Waals surface area contributed by atoms with Crippen LogP contribution in [0.25, 0.3) is 128 Å². The SMILES string of the molecule is CC1(C)c2ccc(-c3c4ccccc4c(-c4ccc5ccccc5c4)c4ccccc34)cc2-c2ccc(-c3ccc4sc5c(ccc6c5ccc5sc7ccccc7c56)c4c3)cc21. The quantitative estimate of drug-likeness (QED) is 0.156. The number of rotatable bonds is 3. The van der Waals surface area contributed by atoms with E-state index in [4.69, 9.17) is 0 Å². The minimum Gasteiger partial charge on any atom is -0.135 e. The molecule has 294 valence electrons. The van der Waals surface area contributed by atoms with Gasteiger partial charge in [0, 0.05) is 51.1 Å². The van der Waals surface area contributed by atoms with Crippen molar-refractivity contribution in [2.24, 2.45) is 0 Å². The normalized spacial score (nSPS) is 13.4. The number of benzene rings is 11. The maximum atomic E-state index is 2.48. The standard InChI is InChI=1S/C61H38S2/c1-61(2)52-28-22-40(58-44-15-7-5-13-42(44)57(43-14-6-8-16-45(43)58)39-20-19-35-11-3-4-12-36(35)31-39)33-50(52)41-24-21-38(34-53(41)61)37-23-29-55-51(32-37)48-26-25-46-47(60(48)63-55)27-30-56-59(46)49-17-9-10-18-54(49)62-56/h3-34H,1-2H3. The van der Waals surface area contributed by atoms with Crippen LogP contribution in [0.5, 0.6) is 0 Å². The second-order valence-corrected chi connectivity index (χ2v) is 20.1. The molecule has 14 rings (SSSR count). The molecule has 1 aliphatic carbocycles. The van der Waals surface area contributed by atoms with Gasteiger partial charge in [-0.1, -0.05) is 166 Å². The van der Waals surface area contributed by atoms with Gasteiger partial charge in [0.05, 0.1) is 0 Å². The first-order valence-corrected chi connectivity index (χ1v) is 23.5. The Balaban J connectivity index is 0.893. The van der Waals surface area contributed by atoms with Gasteiger partial charge in [-0.05, 0) is 136 Å². The summed E-state index contributed by atoms with van der Waals surface area (Å²) < 4.78 is 5.43. The Morgan fingerprint density at radius 2 is 0.873 bits per heavy atom. The van der Waals surface area contributed by atoms with E-state index in [1.807, 2.05) is 22.7 Å². The zero-order chi connectivity index (χ0) is 41.6. The first-order valence-electron chi connectivity index (χ1n) is 21.9. The Morgan fingerprint density at radius 1 is 0.317 bits per heavy atom. The Kier molecular flexibility index (Phi) is 7.31. The Labute approximate surface area is 372 Å². The fraction of sp³-hybridized carbons (Fsp3) is 0.0492. The largest absolute Gasteiger partial charge is 0.135 e. The van der Waals surface area contributed by atoms with Crippen molar-refractivity contribution in [2.45, 2.75) is 19.3 Å². The highest BCUT2D eigenvalue weighted by Gasteiger charge is 2.36. The Morgan fingerprint density at radius 3 is 1.65 bits per heavy atom. The average molecular weight is 835 g/mol. The number of fused-ring (bicyclic) bond motifs is 15. The fourth-order valence-corrected chi connectivity index (χ4v) is 13.6. The summed E-state index contributed by atoms with van der Waals surface area (Å²) in [5.74, 6) is 0. The van der Waals surface area contributed by atoms with Gasteiger partial charge in [-0.25, -0.2) is 0 Å². The molecule has 13 aromatic rings. The molecule has 0 unspecified atom stereocenters. The van der Waals surface area contributed by atoms with Crippen molar-refractivity contribution in [3.63, 3.8) is 0 Å². The van der Waals surface area contributed by atoms with E-state index in [1.165, 1.54) is 139 Å². The lowest BCUT2D eigenvalue weighted by Crippen LogP contribution is -2.15. The van der Waals surface area contributed by atoms with E-state index in [0.717, 1.165) is 0 Å². The van der Waals surface area contributed by atoms with E-state index < -0.39 is 0 Å². The molecule has 63 heavy (non-hydrogen) atoms. The molecule has 2 aromatic heterocycles. The molecule has 1 aliphatic rings. The van der Waals surface area contributed by atoms with Gasteiger partial charge < -0.3 is 0 Å². The molecule has 0 saturated heterocycles. The molecule has 0 spiro atoms. The molecule has 11 aromatic carbocycles. The second-order valence-electron chi connectivity index (χ2n) is 17.9. The van der Waals surface area contributed by atoms with Crippen molar-refractivity contribution in [1.29, 1.82) is 0 Å². The van der Waals surface area contributed by atoms with Gasteiger partial charge in [0.15, 0.2) is 0 Å². The van der Waals surface area contributed by atoms with Gasteiger partial charge in [0.2, 0.25) is 0 Å². The van der Waals surface area contributed by atoms with Crippen molar-refractivity contribution < 1.29 is 0 Å². The summed E-state index contributed by atoms with van der Waals surface area (Å²) in [6, 6.07) is 73.5. The molecule has 2 heteroatoms. The first kappa shape index (κ1) is 35.5. The number of hydrogen-bond donors (Lipinski definition) is 0. The highest BCUT2D eigenvalue weighted by atomic mass is 32.1. The summed E-state index contributed by atoms with van der Waals surface area (Å²) in [5.41, 5.74) is 13.0. The lowest BCUT2D eigenvalue weighted by atomic mass is 9.81. The van der Waals surface area contributed by atoms with Crippen molar-refractivity contribution >= 4 is 106 Å². The Hall–Kier alpha value is -7.10. The van der Waals surface area contributed by atoms with Gasteiger partial charge in [0.1, 0.15) is 0 Å². The van der Waals surface area contributed by atoms with Crippen LogP contribution in [0.2, 0.25) is 0 Å². The van der Waals surface area contributed by atoms with Gasteiger partial charge in [0.25, 0.3) is 0 Å². The van der Waals surface area contributed by atoms with Crippen LogP contribution in [0.15, 0.2) is 194 Å². The molecule has 2 heterocycles. The zero-order valence-electron chi connectivity index (χ0n) is 34.8. The maximum Gasteiger partial charge on any atom is 0.0434 e. The van der Waals surface area contributed by atoms with Crippen LogP contribution in [-0.4, -0.2) is 0 Å². The maximum absolute atomic E-state index is 2.48. The van der Waals surface area contributed by atoms with Crippen LogP contribution < -0.4 is 0 Å².